The molecule has 2 aromatic rings. The fourth-order valence-electron chi connectivity index (χ4n) is 4.02. The van der Waals surface area contributed by atoms with Crippen molar-refractivity contribution in [3.8, 4) is 0 Å². The zero-order valence-corrected chi connectivity index (χ0v) is 17.8. The Kier molecular flexibility index (Phi) is 8.00. The summed E-state index contributed by atoms with van der Waals surface area (Å²) in [6.07, 6.45) is 6.70. The molecule has 30 heavy (non-hydrogen) atoms. The Labute approximate surface area is 178 Å². The zero-order chi connectivity index (χ0) is 21.3. The normalized spacial score (nSPS) is 16.1. The van der Waals surface area contributed by atoms with Crippen LogP contribution in [0.5, 0.6) is 0 Å². The standard InChI is InChI=1S/C25H31FN2O2/c1-20(29)28-17-9-5-3-2-4-8-16-27(19-22-10-6-7-11-24(22)28)25(30)18-21-12-14-23(26)15-13-21/h6-7,10-15H,2-5,8-9,16-19H2,1H3. The van der Waals surface area contributed by atoms with E-state index in [0.29, 0.717) is 19.6 Å². The number of fused-ring (bicyclic) bond motifs is 1. The van der Waals surface area contributed by atoms with Gasteiger partial charge in [-0.05, 0) is 42.2 Å². The molecule has 0 saturated carbocycles. The van der Waals surface area contributed by atoms with Crippen LogP contribution in [-0.4, -0.2) is 29.8 Å². The highest BCUT2D eigenvalue weighted by atomic mass is 19.1. The SMILES string of the molecule is CC(=O)N1CCCCCCCCN(C(=O)Cc2ccc(F)cc2)Cc2ccccc21. The molecule has 0 unspecified atom stereocenters. The van der Waals surface area contributed by atoms with E-state index in [-0.39, 0.29) is 24.1 Å². The summed E-state index contributed by atoms with van der Waals surface area (Å²) in [6.45, 7) is 3.47. The number of halogens is 1. The third-order valence-electron chi connectivity index (χ3n) is 5.70. The van der Waals surface area contributed by atoms with E-state index in [0.717, 1.165) is 55.3 Å². The number of carbonyl (C=O) groups is 2. The smallest absolute Gasteiger partial charge is 0.227 e. The molecule has 0 N–H and O–H groups in total. The first-order valence-corrected chi connectivity index (χ1v) is 10.9. The van der Waals surface area contributed by atoms with Gasteiger partial charge >= 0.3 is 0 Å². The van der Waals surface area contributed by atoms with E-state index >= 15 is 0 Å². The topological polar surface area (TPSA) is 40.6 Å². The van der Waals surface area contributed by atoms with Gasteiger partial charge in [0.15, 0.2) is 0 Å². The summed E-state index contributed by atoms with van der Waals surface area (Å²) in [7, 11) is 0. The summed E-state index contributed by atoms with van der Waals surface area (Å²) in [5.74, 6) is -0.242. The molecule has 5 heteroatoms. The van der Waals surface area contributed by atoms with Crippen molar-refractivity contribution in [1.29, 1.82) is 0 Å². The van der Waals surface area contributed by atoms with Crippen LogP contribution in [0.3, 0.4) is 0 Å². The highest BCUT2D eigenvalue weighted by Crippen LogP contribution is 2.24. The van der Waals surface area contributed by atoms with Crippen LogP contribution in [0.2, 0.25) is 0 Å². The van der Waals surface area contributed by atoms with Crippen molar-refractivity contribution >= 4 is 17.5 Å². The highest BCUT2D eigenvalue weighted by molar-refractivity contribution is 5.92. The minimum absolute atomic E-state index is 0.0284. The maximum absolute atomic E-state index is 13.2. The van der Waals surface area contributed by atoms with E-state index in [1.807, 2.05) is 34.1 Å². The van der Waals surface area contributed by atoms with E-state index < -0.39 is 0 Å². The molecular formula is C25H31FN2O2. The van der Waals surface area contributed by atoms with Crippen LogP contribution in [-0.2, 0) is 22.6 Å². The fourth-order valence-corrected chi connectivity index (χ4v) is 4.02. The lowest BCUT2D eigenvalue weighted by atomic mass is 10.1. The van der Waals surface area contributed by atoms with Crippen LogP contribution in [0, 0.1) is 5.82 Å². The van der Waals surface area contributed by atoms with Gasteiger partial charge in [-0.2, -0.15) is 0 Å². The Hall–Kier alpha value is -2.69. The predicted molar refractivity (Wildman–Crippen MR) is 118 cm³/mol. The quantitative estimate of drug-likeness (QED) is 0.691. The van der Waals surface area contributed by atoms with Crippen LogP contribution in [0.25, 0.3) is 0 Å². The number of anilines is 1. The Morgan fingerprint density at radius 3 is 2.20 bits per heavy atom. The predicted octanol–water partition coefficient (Wildman–Crippen LogP) is 5.10. The van der Waals surface area contributed by atoms with Gasteiger partial charge in [0.2, 0.25) is 11.8 Å². The van der Waals surface area contributed by atoms with Crippen molar-refractivity contribution in [1.82, 2.24) is 4.90 Å². The van der Waals surface area contributed by atoms with Gasteiger partial charge in [0.05, 0.1) is 6.42 Å². The van der Waals surface area contributed by atoms with Gasteiger partial charge in [-0.15, -0.1) is 0 Å². The van der Waals surface area contributed by atoms with Gasteiger partial charge in [-0.1, -0.05) is 56.0 Å². The molecule has 1 aliphatic rings. The second-order valence-electron chi connectivity index (χ2n) is 8.04. The Balaban J connectivity index is 1.85. The molecule has 0 aromatic heterocycles. The molecule has 1 heterocycles. The van der Waals surface area contributed by atoms with Gasteiger partial charge in [0.1, 0.15) is 5.82 Å². The van der Waals surface area contributed by atoms with E-state index in [1.165, 1.54) is 12.1 Å². The van der Waals surface area contributed by atoms with E-state index in [1.54, 1.807) is 19.1 Å². The lowest BCUT2D eigenvalue weighted by Crippen LogP contribution is -2.35. The maximum Gasteiger partial charge on any atom is 0.227 e. The van der Waals surface area contributed by atoms with E-state index in [2.05, 4.69) is 0 Å². The van der Waals surface area contributed by atoms with Crippen molar-refractivity contribution in [2.75, 3.05) is 18.0 Å². The van der Waals surface area contributed by atoms with Gasteiger partial charge in [-0.25, -0.2) is 4.39 Å². The average molecular weight is 411 g/mol. The minimum atomic E-state index is -0.299. The molecule has 2 aromatic carbocycles. The maximum atomic E-state index is 13.2. The Morgan fingerprint density at radius 1 is 0.867 bits per heavy atom. The molecule has 0 radical (unpaired) electrons. The molecule has 0 atom stereocenters. The molecule has 1 aliphatic heterocycles. The molecule has 0 spiro atoms. The summed E-state index contributed by atoms with van der Waals surface area (Å²) in [4.78, 5) is 29.2. The van der Waals surface area contributed by atoms with Gasteiger partial charge < -0.3 is 9.80 Å². The molecule has 160 valence electrons. The van der Waals surface area contributed by atoms with Crippen LogP contribution in [0.1, 0.15) is 56.6 Å². The largest absolute Gasteiger partial charge is 0.338 e. The lowest BCUT2D eigenvalue weighted by Gasteiger charge is -2.28. The number of hydrogen-bond donors (Lipinski definition) is 0. The number of nitrogens with zero attached hydrogens (tertiary/aromatic N) is 2. The van der Waals surface area contributed by atoms with Gasteiger partial charge in [0, 0.05) is 32.2 Å². The molecule has 0 bridgehead atoms. The first-order chi connectivity index (χ1) is 14.5. The monoisotopic (exact) mass is 410 g/mol. The number of carbonyl (C=O) groups excluding carboxylic acids is 2. The van der Waals surface area contributed by atoms with Crippen molar-refractivity contribution in [2.45, 2.75) is 58.4 Å². The molecule has 0 aliphatic carbocycles. The second kappa shape index (κ2) is 10.9. The summed E-state index contributed by atoms with van der Waals surface area (Å²) in [5.41, 5.74) is 2.69. The van der Waals surface area contributed by atoms with Crippen molar-refractivity contribution in [3.05, 3.63) is 65.5 Å². The number of hydrogen-bond acceptors (Lipinski definition) is 2. The van der Waals surface area contributed by atoms with E-state index in [9.17, 15) is 14.0 Å². The van der Waals surface area contributed by atoms with Crippen LogP contribution < -0.4 is 4.90 Å². The van der Waals surface area contributed by atoms with Gasteiger partial charge in [-0.3, -0.25) is 9.59 Å². The second-order valence-corrected chi connectivity index (χ2v) is 8.04. The third kappa shape index (κ3) is 6.15. The van der Waals surface area contributed by atoms with Crippen molar-refractivity contribution < 1.29 is 14.0 Å². The number of benzene rings is 2. The highest BCUT2D eigenvalue weighted by Gasteiger charge is 2.20. The molecule has 2 amide bonds. The van der Waals surface area contributed by atoms with Crippen molar-refractivity contribution in [3.63, 3.8) is 0 Å². The van der Waals surface area contributed by atoms with Crippen LogP contribution >= 0.6 is 0 Å². The van der Waals surface area contributed by atoms with Gasteiger partial charge in [0.25, 0.3) is 0 Å². The van der Waals surface area contributed by atoms with Crippen molar-refractivity contribution in [2.24, 2.45) is 0 Å². The third-order valence-corrected chi connectivity index (χ3v) is 5.70. The molecule has 0 saturated heterocycles. The first kappa shape index (κ1) is 22.0. The summed E-state index contributed by atoms with van der Waals surface area (Å²) in [6, 6.07) is 14.0. The Morgan fingerprint density at radius 2 is 1.50 bits per heavy atom. The van der Waals surface area contributed by atoms with E-state index in [4.69, 9.17) is 0 Å². The first-order valence-electron chi connectivity index (χ1n) is 10.9. The minimum Gasteiger partial charge on any atom is -0.338 e. The zero-order valence-electron chi connectivity index (χ0n) is 17.8. The Bertz CT molecular complexity index is 850. The number of amides is 2. The fraction of sp³-hybridized carbons (Fsp3) is 0.440. The lowest BCUT2D eigenvalue weighted by molar-refractivity contribution is -0.131. The molecule has 3 rings (SSSR count). The van der Waals surface area contributed by atoms with Crippen LogP contribution in [0.15, 0.2) is 48.5 Å². The summed E-state index contributed by atoms with van der Waals surface area (Å²) in [5, 5.41) is 0. The number of rotatable bonds is 2. The molecule has 0 fully saturated rings. The molecular weight excluding hydrogens is 379 g/mol. The average Bonchev–Trinajstić information content (AvgIpc) is 2.75. The molecule has 4 nitrogen and oxygen atoms in total. The summed E-state index contributed by atoms with van der Waals surface area (Å²) >= 11 is 0. The number of para-hydroxylation sites is 1. The summed E-state index contributed by atoms with van der Waals surface area (Å²) < 4.78 is 13.2. The van der Waals surface area contributed by atoms with Crippen LogP contribution in [0.4, 0.5) is 10.1 Å².